The van der Waals surface area contributed by atoms with Crippen molar-refractivity contribution in [2.75, 3.05) is 31.7 Å². The molecule has 2 aliphatic heterocycles. The van der Waals surface area contributed by atoms with Crippen LogP contribution in [-0.2, 0) is 6.54 Å². The summed E-state index contributed by atoms with van der Waals surface area (Å²) >= 11 is 0. The number of fused-ring (bicyclic) bond motifs is 3. The Morgan fingerprint density at radius 2 is 2.00 bits per heavy atom. The van der Waals surface area contributed by atoms with E-state index in [0.29, 0.717) is 35.9 Å². The number of ether oxygens (including phenoxy) is 2. The molecule has 182 valence electrons. The first kappa shape index (κ1) is 22.3. The van der Waals surface area contributed by atoms with E-state index in [1.54, 1.807) is 24.0 Å². The summed E-state index contributed by atoms with van der Waals surface area (Å²) in [5.41, 5.74) is 4.31. The van der Waals surface area contributed by atoms with Gasteiger partial charge in [0.1, 0.15) is 17.6 Å². The number of pyridine rings is 3. The van der Waals surface area contributed by atoms with Gasteiger partial charge in [-0.25, -0.2) is 14.5 Å². The summed E-state index contributed by atoms with van der Waals surface area (Å²) in [6.07, 6.45) is 8.33. The Balaban J connectivity index is 1.20. The maximum Gasteiger partial charge on any atom is 0.212 e. The number of hydrogen-bond acceptors (Lipinski definition) is 8. The molecule has 0 saturated carbocycles. The van der Waals surface area contributed by atoms with Crippen molar-refractivity contribution in [3.63, 3.8) is 0 Å². The normalized spacial score (nSPS) is 19.1. The van der Waals surface area contributed by atoms with Gasteiger partial charge in [-0.05, 0) is 37.1 Å². The van der Waals surface area contributed by atoms with Crippen molar-refractivity contribution in [2.24, 2.45) is 0 Å². The molecule has 6 heterocycles. The first-order chi connectivity index (χ1) is 17.7. The molecule has 0 aromatic carbocycles. The molecule has 9 nitrogen and oxygen atoms in total. The molecular weight excluding hydrogens is 454 g/mol. The number of anilines is 1. The molecule has 0 amide bonds. The lowest BCUT2D eigenvalue weighted by Crippen LogP contribution is -2.46. The lowest BCUT2D eigenvalue weighted by Gasteiger charge is -2.35. The summed E-state index contributed by atoms with van der Waals surface area (Å²) in [4.78, 5) is 14.1. The van der Waals surface area contributed by atoms with Crippen LogP contribution in [0.25, 0.3) is 16.6 Å². The molecular formula is C27H27N7O2. The Morgan fingerprint density at radius 1 is 1.08 bits per heavy atom. The Morgan fingerprint density at radius 3 is 2.67 bits per heavy atom. The molecule has 2 fully saturated rings. The number of piperazine rings is 1. The van der Waals surface area contributed by atoms with Crippen LogP contribution in [0.2, 0.25) is 0 Å². The zero-order valence-electron chi connectivity index (χ0n) is 20.3. The lowest BCUT2D eigenvalue weighted by molar-refractivity contribution is 0.229. The predicted molar refractivity (Wildman–Crippen MR) is 135 cm³/mol. The predicted octanol–water partition coefficient (Wildman–Crippen LogP) is 3.53. The summed E-state index contributed by atoms with van der Waals surface area (Å²) in [5, 5.41) is 13.9. The van der Waals surface area contributed by atoms with Crippen molar-refractivity contribution in [1.82, 2.24) is 24.5 Å². The van der Waals surface area contributed by atoms with Crippen molar-refractivity contribution in [3.8, 4) is 28.8 Å². The number of likely N-dealkylation sites (tertiary alicyclic amines) is 1. The first-order valence-electron chi connectivity index (χ1n) is 12.2. The number of hydrogen-bond donors (Lipinski definition) is 0. The quantitative estimate of drug-likeness (QED) is 0.396. The van der Waals surface area contributed by atoms with E-state index in [2.05, 4.69) is 44.2 Å². The van der Waals surface area contributed by atoms with Crippen LogP contribution < -0.4 is 14.4 Å². The molecule has 4 aromatic rings. The Labute approximate surface area is 209 Å². The second-order valence-corrected chi connectivity index (χ2v) is 9.22. The van der Waals surface area contributed by atoms with Gasteiger partial charge in [0.25, 0.3) is 0 Å². The summed E-state index contributed by atoms with van der Waals surface area (Å²) in [6.45, 7) is 5.38. The third kappa shape index (κ3) is 3.89. The molecule has 2 saturated heterocycles. The van der Waals surface area contributed by atoms with E-state index in [0.717, 1.165) is 48.5 Å². The first-order valence-corrected chi connectivity index (χ1v) is 12.2. The van der Waals surface area contributed by atoms with Crippen LogP contribution in [0.15, 0.2) is 55.1 Å². The van der Waals surface area contributed by atoms with Crippen molar-refractivity contribution in [1.29, 1.82) is 5.26 Å². The Kier molecular flexibility index (Phi) is 5.66. The fourth-order valence-electron chi connectivity index (χ4n) is 5.44. The highest BCUT2D eigenvalue weighted by Gasteiger charge is 2.43. The maximum absolute atomic E-state index is 9.58. The van der Waals surface area contributed by atoms with Crippen molar-refractivity contribution in [3.05, 3.63) is 66.2 Å². The van der Waals surface area contributed by atoms with Crippen molar-refractivity contribution >= 4 is 11.3 Å². The minimum atomic E-state index is 0.451. The molecule has 2 aliphatic rings. The van der Waals surface area contributed by atoms with Crippen LogP contribution in [0.3, 0.4) is 0 Å². The summed E-state index contributed by atoms with van der Waals surface area (Å²) in [7, 11) is 1.64. The van der Waals surface area contributed by atoms with Gasteiger partial charge < -0.3 is 14.4 Å². The van der Waals surface area contributed by atoms with E-state index in [4.69, 9.17) is 14.5 Å². The number of methoxy groups -OCH3 is 1. The van der Waals surface area contributed by atoms with E-state index >= 15 is 0 Å². The number of nitriles is 1. The number of aromatic nitrogens is 4. The molecule has 0 N–H and O–H groups in total. The topological polar surface area (TPSA) is 91.8 Å². The van der Waals surface area contributed by atoms with Gasteiger partial charge in [0.05, 0.1) is 37.2 Å². The van der Waals surface area contributed by atoms with Crippen LogP contribution >= 0.6 is 0 Å². The van der Waals surface area contributed by atoms with Gasteiger partial charge in [0.2, 0.25) is 5.88 Å². The van der Waals surface area contributed by atoms with Crippen LogP contribution in [0.4, 0.5) is 5.82 Å². The monoisotopic (exact) mass is 481 g/mol. The van der Waals surface area contributed by atoms with Crippen LogP contribution in [-0.4, -0.2) is 63.4 Å². The van der Waals surface area contributed by atoms with Crippen LogP contribution in [0.1, 0.15) is 24.5 Å². The molecule has 2 atom stereocenters. The Hall–Kier alpha value is -4.16. The van der Waals surface area contributed by atoms with Crippen molar-refractivity contribution in [2.45, 2.75) is 32.0 Å². The molecule has 2 bridgehead atoms. The van der Waals surface area contributed by atoms with Crippen LogP contribution in [0, 0.1) is 11.3 Å². The second-order valence-electron chi connectivity index (χ2n) is 9.22. The van der Waals surface area contributed by atoms with Gasteiger partial charge in [-0.2, -0.15) is 10.4 Å². The van der Waals surface area contributed by atoms with Crippen molar-refractivity contribution < 1.29 is 9.47 Å². The molecule has 0 aliphatic carbocycles. The molecule has 36 heavy (non-hydrogen) atoms. The Bertz CT molecular complexity index is 1430. The number of nitrogens with zero attached hydrogens (tertiary/aromatic N) is 7. The van der Waals surface area contributed by atoms with Gasteiger partial charge in [0.15, 0.2) is 0 Å². The zero-order chi connectivity index (χ0) is 24.6. The third-order valence-electron chi connectivity index (χ3n) is 7.12. The molecule has 0 spiro atoms. The summed E-state index contributed by atoms with van der Waals surface area (Å²) in [5.74, 6) is 2.34. The van der Waals surface area contributed by atoms with Gasteiger partial charge in [-0.1, -0.05) is 6.07 Å². The molecule has 6 rings (SSSR count). The van der Waals surface area contributed by atoms with E-state index in [1.165, 1.54) is 5.56 Å². The van der Waals surface area contributed by atoms with Crippen LogP contribution in [0.5, 0.6) is 11.6 Å². The molecule has 4 aromatic heterocycles. The highest BCUT2D eigenvalue weighted by atomic mass is 16.5. The highest BCUT2D eigenvalue weighted by molar-refractivity contribution is 5.85. The van der Waals surface area contributed by atoms with E-state index in [9.17, 15) is 5.26 Å². The number of rotatable bonds is 7. The lowest BCUT2D eigenvalue weighted by atomic mass is 10.1. The standard InChI is InChI=1S/C27H27N7O2/c1-3-36-23-9-24(27-20(10-28)13-31-34(27)17-23)19-5-6-25(29-12-19)33-16-21-8-22(33)15-32(21)14-18-4-7-26(35-2)30-11-18/h4-7,9,11-13,17,21-22H,3,8,14-16H2,1-2H3. The summed E-state index contributed by atoms with van der Waals surface area (Å²) < 4.78 is 12.6. The average molecular weight is 482 g/mol. The molecule has 9 heteroatoms. The molecule has 0 radical (unpaired) electrons. The average Bonchev–Trinajstić information content (AvgIpc) is 3.63. The van der Waals surface area contributed by atoms with Gasteiger partial charge >= 0.3 is 0 Å². The fourth-order valence-corrected chi connectivity index (χ4v) is 5.44. The van der Waals surface area contributed by atoms with E-state index < -0.39 is 0 Å². The fraction of sp³-hybridized carbons (Fsp3) is 0.333. The molecule has 2 unspecified atom stereocenters. The second kappa shape index (κ2) is 9.13. The van der Waals surface area contributed by atoms with Gasteiger partial charge in [-0.3, -0.25) is 4.90 Å². The maximum atomic E-state index is 9.58. The minimum Gasteiger partial charge on any atom is -0.492 e. The SMILES string of the molecule is CCOc1cc(-c2ccc(N3CC4CC3CN4Cc3ccc(OC)nc3)nc2)c2c(C#N)cnn2c1. The third-order valence-corrected chi connectivity index (χ3v) is 7.12. The van der Waals surface area contributed by atoms with E-state index in [-0.39, 0.29) is 0 Å². The van der Waals surface area contributed by atoms with E-state index in [1.807, 2.05) is 31.5 Å². The minimum absolute atomic E-state index is 0.451. The smallest absolute Gasteiger partial charge is 0.212 e. The largest absolute Gasteiger partial charge is 0.492 e. The zero-order valence-corrected chi connectivity index (χ0v) is 20.3. The van der Waals surface area contributed by atoms with Gasteiger partial charge in [-0.15, -0.1) is 0 Å². The highest BCUT2D eigenvalue weighted by Crippen LogP contribution is 2.36. The summed E-state index contributed by atoms with van der Waals surface area (Å²) in [6, 6.07) is 13.3. The van der Waals surface area contributed by atoms with Gasteiger partial charge in [0, 0.05) is 61.3 Å².